The summed E-state index contributed by atoms with van der Waals surface area (Å²) in [5.41, 5.74) is 6.12. The van der Waals surface area contributed by atoms with E-state index in [1.54, 1.807) is 30.5 Å². The highest BCUT2D eigenvalue weighted by molar-refractivity contribution is 7.14. The molecule has 1 aromatic heterocycles. The fourth-order valence-corrected chi connectivity index (χ4v) is 2.86. The molecule has 0 saturated carbocycles. The van der Waals surface area contributed by atoms with Crippen molar-refractivity contribution in [2.24, 2.45) is 5.10 Å². The Bertz CT molecular complexity index is 889. The summed E-state index contributed by atoms with van der Waals surface area (Å²) in [6.45, 7) is 0. The van der Waals surface area contributed by atoms with Crippen LogP contribution in [0, 0.1) is 0 Å². The van der Waals surface area contributed by atoms with Gasteiger partial charge in [0.1, 0.15) is 0 Å². The van der Waals surface area contributed by atoms with Crippen LogP contribution in [0.15, 0.2) is 59.0 Å². The van der Waals surface area contributed by atoms with Gasteiger partial charge in [0, 0.05) is 16.0 Å². The van der Waals surface area contributed by atoms with E-state index in [1.165, 1.54) is 18.4 Å². The zero-order valence-electron chi connectivity index (χ0n) is 13.3. The molecule has 0 amide bonds. The van der Waals surface area contributed by atoms with Gasteiger partial charge in [-0.15, -0.1) is 11.3 Å². The third-order valence-corrected chi connectivity index (χ3v) is 4.35. The Morgan fingerprint density at radius 1 is 1.20 bits per heavy atom. The average molecular weight is 372 g/mol. The molecule has 25 heavy (non-hydrogen) atoms. The molecule has 3 aromatic rings. The molecule has 0 aliphatic carbocycles. The molecule has 7 heteroatoms. The van der Waals surface area contributed by atoms with Gasteiger partial charge in [-0.1, -0.05) is 35.9 Å². The third kappa shape index (κ3) is 4.43. The Labute approximate surface area is 153 Å². The standard InChI is InChI=1S/C18H14ClN3O2S/c1-24-17(23)14-4-2-12(3-5-14)10-20-22-18-21-16(11-25-18)13-6-8-15(19)9-7-13/h2-11H,1H3,(H,21,22)/b20-10-. The highest BCUT2D eigenvalue weighted by atomic mass is 35.5. The number of nitrogens with zero attached hydrogens (tertiary/aromatic N) is 2. The topological polar surface area (TPSA) is 63.6 Å². The number of esters is 1. The highest BCUT2D eigenvalue weighted by Crippen LogP contribution is 2.25. The number of hydrogen-bond donors (Lipinski definition) is 1. The maximum atomic E-state index is 11.4. The van der Waals surface area contributed by atoms with Crippen LogP contribution in [0.2, 0.25) is 5.02 Å². The molecule has 0 fully saturated rings. The Hall–Kier alpha value is -2.70. The molecular weight excluding hydrogens is 358 g/mol. The number of rotatable bonds is 5. The first-order chi connectivity index (χ1) is 12.2. The van der Waals surface area contributed by atoms with E-state index in [1.807, 2.05) is 29.6 Å². The van der Waals surface area contributed by atoms with Crippen molar-refractivity contribution in [2.75, 3.05) is 12.5 Å². The number of hydrogen-bond acceptors (Lipinski definition) is 6. The number of methoxy groups -OCH3 is 1. The van der Waals surface area contributed by atoms with Gasteiger partial charge in [0.05, 0.1) is 24.6 Å². The summed E-state index contributed by atoms with van der Waals surface area (Å²) in [4.78, 5) is 15.9. The van der Waals surface area contributed by atoms with Gasteiger partial charge in [0.2, 0.25) is 5.13 Å². The van der Waals surface area contributed by atoms with Crippen LogP contribution >= 0.6 is 22.9 Å². The lowest BCUT2D eigenvalue weighted by Gasteiger charge is -1.99. The molecule has 3 rings (SSSR count). The van der Waals surface area contributed by atoms with Crippen molar-refractivity contribution in [3.63, 3.8) is 0 Å². The van der Waals surface area contributed by atoms with Crippen molar-refractivity contribution in [1.82, 2.24) is 4.98 Å². The average Bonchev–Trinajstić information content (AvgIpc) is 3.11. The summed E-state index contributed by atoms with van der Waals surface area (Å²) in [6.07, 6.45) is 1.66. The number of carbonyl (C=O) groups is 1. The van der Waals surface area contributed by atoms with Gasteiger partial charge in [-0.05, 0) is 29.8 Å². The molecule has 0 atom stereocenters. The summed E-state index contributed by atoms with van der Waals surface area (Å²) in [6, 6.07) is 14.5. The van der Waals surface area contributed by atoms with E-state index in [0.717, 1.165) is 16.8 Å². The number of ether oxygens (including phenoxy) is 1. The number of nitrogens with one attached hydrogen (secondary N) is 1. The molecule has 0 radical (unpaired) electrons. The van der Waals surface area contributed by atoms with Crippen LogP contribution in [-0.2, 0) is 4.74 Å². The molecule has 0 unspecified atom stereocenters. The molecule has 0 aliphatic heterocycles. The SMILES string of the molecule is COC(=O)c1ccc(/C=N\Nc2nc(-c3ccc(Cl)cc3)cs2)cc1. The van der Waals surface area contributed by atoms with E-state index in [-0.39, 0.29) is 5.97 Å². The number of benzene rings is 2. The summed E-state index contributed by atoms with van der Waals surface area (Å²) in [5, 5.41) is 7.50. The number of hydrazone groups is 1. The summed E-state index contributed by atoms with van der Waals surface area (Å²) in [7, 11) is 1.36. The first-order valence-corrected chi connectivity index (χ1v) is 8.60. The van der Waals surface area contributed by atoms with Crippen LogP contribution in [0.25, 0.3) is 11.3 Å². The van der Waals surface area contributed by atoms with Gasteiger partial charge in [-0.25, -0.2) is 9.78 Å². The second-order valence-corrected chi connectivity index (χ2v) is 6.32. The Balaban J connectivity index is 1.63. The Morgan fingerprint density at radius 2 is 1.92 bits per heavy atom. The molecule has 0 aliphatic rings. The van der Waals surface area contributed by atoms with Gasteiger partial charge in [0.25, 0.3) is 0 Å². The predicted molar refractivity (Wildman–Crippen MR) is 102 cm³/mol. The number of thiazole rings is 1. The summed E-state index contributed by atoms with van der Waals surface area (Å²) >= 11 is 7.35. The lowest BCUT2D eigenvalue weighted by atomic mass is 10.1. The van der Waals surface area contributed by atoms with E-state index in [4.69, 9.17) is 11.6 Å². The predicted octanol–water partition coefficient (Wildman–Crippen LogP) is 4.70. The minimum atomic E-state index is -0.362. The van der Waals surface area contributed by atoms with Gasteiger partial charge in [-0.3, -0.25) is 5.43 Å². The number of anilines is 1. The highest BCUT2D eigenvalue weighted by Gasteiger charge is 2.05. The third-order valence-electron chi connectivity index (χ3n) is 3.35. The minimum Gasteiger partial charge on any atom is -0.465 e. The fourth-order valence-electron chi connectivity index (χ4n) is 2.06. The Kier molecular flexibility index (Phi) is 5.42. The van der Waals surface area contributed by atoms with Crippen LogP contribution in [0.4, 0.5) is 5.13 Å². The maximum absolute atomic E-state index is 11.4. The van der Waals surface area contributed by atoms with Crippen molar-refractivity contribution in [1.29, 1.82) is 0 Å². The number of halogens is 1. The molecule has 2 aromatic carbocycles. The van der Waals surface area contributed by atoms with Crippen LogP contribution in [0.3, 0.4) is 0 Å². The first-order valence-electron chi connectivity index (χ1n) is 7.34. The lowest BCUT2D eigenvalue weighted by Crippen LogP contribution is -2.00. The van der Waals surface area contributed by atoms with Gasteiger partial charge >= 0.3 is 5.97 Å². The van der Waals surface area contributed by atoms with Crippen molar-refractivity contribution in [3.05, 3.63) is 70.1 Å². The van der Waals surface area contributed by atoms with E-state index in [9.17, 15) is 4.79 Å². The van der Waals surface area contributed by atoms with Crippen LogP contribution in [-0.4, -0.2) is 24.3 Å². The summed E-state index contributed by atoms with van der Waals surface area (Å²) < 4.78 is 4.66. The molecular formula is C18H14ClN3O2S. The minimum absolute atomic E-state index is 0.362. The second kappa shape index (κ2) is 7.92. The van der Waals surface area contributed by atoms with E-state index in [0.29, 0.717) is 15.7 Å². The van der Waals surface area contributed by atoms with Crippen molar-refractivity contribution < 1.29 is 9.53 Å². The quantitative estimate of drug-likeness (QED) is 0.401. The maximum Gasteiger partial charge on any atom is 0.337 e. The van der Waals surface area contributed by atoms with E-state index in [2.05, 4.69) is 20.2 Å². The molecule has 126 valence electrons. The van der Waals surface area contributed by atoms with Crippen LogP contribution in [0.1, 0.15) is 15.9 Å². The summed E-state index contributed by atoms with van der Waals surface area (Å²) in [5.74, 6) is -0.362. The fraction of sp³-hybridized carbons (Fsp3) is 0.0556. The lowest BCUT2D eigenvalue weighted by molar-refractivity contribution is 0.0600. The molecule has 1 heterocycles. The van der Waals surface area contributed by atoms with Crippen LogP contribution < -0.4 is 5.43 Å². The van der Waals surface area contributed by atoms with Crippen molar-refractivity contribution in [3.8, 4) is 11.3 Å². The van der Waals surface area contributed by atoms with Gasteiger partial charge in [0.15, 0.2) is 0 Å². The zero-order chi connectivity index (χ0) is 17.6. The smallest absolute Gasteiger partial charge is 0.337 e. The molecule has 0 bridgehead atoms. The monoisotopic (exact) mass is 371 g/mol. The molecule has 0 spiro atoms. The van der Waals surface area contributed by atoms with E-state index >= 15 is 0 Å². The van der Waals surface area contributed by atoms with Crippen molar-refractivity contribution >= 4 is 40.3 Å². The molecule has 0 saturated heterocycles. The second-order valence-electron chi connectivity index (χ2n) is 5.03. The molecule has 1 N–H and O–H groups in total. The molecule has 5 nitrogen and oxygen atoms in total. The normalized spacial score (nSPS) is 10.8. The first kappa shape index (κ1) is 17.1. The largest absolute Gasteiger partial charge is 0.465 e. The van der Waals surface area contributed by atoms with Crippen molar-refractivity contribution in [2.45, 2.75) is 0 Å². The van der Waals surface area contributed by atoms with E-state index < -0.39 is 0 Å². The van der Waals surface area contributed by atoms with Gasteiger partial charge in [-0.2, -0.15) is 5.10 Å². The van der Waals surface area contributed by atoms with Crippen LogP contribution in [0.5, 0.6) is 0 Å². The number of carbonyl (C=O) groups excluding carboxylic acids is 1. The number of aromatic nitrogens is 1. The van der Waals surface area contributed by atoms with Gasteiger partial charge < -0.3 is 4.74 Å². The Morgan fingerprint density at radius 3 is 2.60 bits per heavy atom. The zero-order valence-corrected chi connectivity index (χ0v) is 14.8.